The van der Waals surface area contributed by atoms with Crippen LogP contribution in [-0.4, -0.2) is 23.5 Å². The standard InChI is InChI=1S/C35H40N2O3S/c1-6-11-22-14-16-23(17-15-22)29-21-27(25-12-9-10-13-28(25)36-29)32(38)37-33-31(34(39)40-8-3)26-19-18-24(20-30(26)41-33)35(4,5)7-2/h9-10,12-17,21,24H,6-8,11,18-20H2,1-5H3,(H,37,38)/t24-/m1/s1. The molecule has 1 aliphatic carbocycles. The Labute approximate surface area is 247 Å². The number of fused-ring (bicyclic) bond motifs is 2. The van der Waals surface area contributed by atoms with Crippen LogP contribution in [0.15, 0.2) is 54.6 Å². The van der Waals surface area contributed by atoms with Crippen LogP contribution in [0.5, 0.6) is 0 Å². The van der Waals surface area contributed by atoms with E-state index in [1.807, 2.05) is 37.3 Å². The van der Waals surface area contributed by atoms with Gasteiger partial charge in [0, 0.05) is 15.8 Å². The highest BCUT2D eigenvalue weighted by atomic mass is 32.1. The molecule has 0 fully saturated rings. The highest BCUT2D eigenvalue weighted by Crippen LogP contribution is 2.46. The van der Waals surface area contributed by atoms with Crippen LogP contribution in [0, 0.1) is 11.3 Å². The summed E-state index contributed by atoms with van der Waals surface area (Å²) in [5.41, 5.74) is 6.08. The minimum atomic E-state index is -0.360. The average molecular weight is 569 g/mol. The number of hydrogen-bond donors (Lipinski definition) is 1. The van der Waals surface area contributed by atoms with Gasteiger partial charge >= 0.3 is 5.97 Å². The number of pyridine rings is 1. The molecule has 2 aromatic carbocycles. The van der Waals surface area contributed by atoms with Crippen molar-refractivity contribution < 1.29 is 14.3 Å². The van der Waals surface area contributed by atoms with Crippen molar-refractivity contribution in [2.75, 3.05) is 11.9 Å². The second-order valence-corrected chi connectivity index (χ2v) is 12.8. The Hall–Kier alpha value is -3.51. The summed E-state index contributed by atoms with van der Waals surface area (Å²) < 4.78 is 5.48. The van der Waals surface area contributed by atoms with E-state index in [0.717, 1.165) is 66.2 Å². The summed E-state index contributed by atoms with van der Waals surface area (Å²) in [6.45, 7) is 11.2. The molecule has 2 heterocycles. The molecular formula is C35H40N2O3S. The number of aromatic nitrogens is 1. The van der Waals surface area contributed by atoms with Gasteiger partial charge in [0.1, 0.15) is 5.00 Å². The monoisotopic (exact) mass is 568 g/mol. The fourth-order valence-electron chi connectivity index (χ4n) is 5.86. The van der Waals surface area contributed by atoms with E-state index in [2.05, 4.69) is 57.3 Å². The van der Waals surface area contributed by atoms with E-state index in [1.54, 1.807) is 0 Å². The Bertz CT molecular complexity index is 1570. The second-order valence-electron chi connectivity index (χ2n) is 11.7. The Kier molecular flexibility index (Phi) is 8.60. The molecule has 0 radical (unpaired) electrons. The first-order valence-electron chi connectivity index (χ1n) is 14.9. The summed E-state index contributed by atoms with van der Waals surface area (Å²) in [6.07, 6.45) is 5.99. The molecule has 5 nitrogen and oxygen atoms in total. The molecule has 0 spiro atoms. The third kappa shape index (κ3) is 5.94. The number of esters is 1. The first kappa shape index (κ1) is 29.0. The van der Waals surface area contributed by atoms with Crippen LogP contribution in [0.3, 0.4) is 0 Å². The minimum Gasteiger partial charge on any atom is -0.462 e. The largest absolute Gasteiger partial charge is 0.462 e. The highest BCUT2D eigenvalue weighted by Gasteiger charge is 2.36. The number of hydrogen-bond acceptors (Lipinski definition) is 5. The van der Waals surface area contributed by atoms with Gasteiger partial charge in [-0.3, -0.25) is 4.79 Å². The van der Waals surface area contributed by atoms with Crippen LogP contribution in [0.25, 0.3) is 22.2 Å². The van der Waals surface area contributed by atoms with E-state index >= 15 is 0 Å². The topological polar surface area (TPSA) is 68.3 Å². The van der Waals surface area contributed by atoms with Crippen LogP contribution >= 0.6 is 11.3 Å². The Balaban J connectivity index is 1.53. The Morgan fingerprint density at radius 2 is 1.83 bits per heavy atom. The van der Waals surface area contributed by atoms with Gasteiger partial charge in [0.05, 0.1) is 28.9 Å². The third-order valence-electron chi connectivity index (χ3n) is 8.74. The van der Waals surface area contributed by atoms with E-state index in [-0.39, 0.29) is 23.9 Å². The number of nitrogens with one attached hydrogen (secondary N) is 1. The number of carbonyl (C=O) groups excluding carboxylic acids is 2. The number of para-hydroxylation sites is 1. The molecule has 214 valence electrons. The molecule has 0 bridgehead atoms. The lowest BCUT2D eigenvalue weighted by Crippen LogP contribution is -2.28. The summed E-state index contributed by atoms with van der Waals surface area (Å²) in [5, 5.41) is 4.50. The van der Waals surface area contributed by atoms with E-state index in [1.165, 1.54) is 21.8 Å². The SMILES string of the molecule is CCCc1ccc(-c2cc(C(=O)Nc3sc4c(c3C(=O)OCC)CC[C@@H](C(C)(C)CC)C4)c3ccccc3n2)cc1. The second kappa shape index (κ2) is 12.2. The van der Waals surface area contributed by atoms with E-state index in [0.29, 0.717) is 22.0 Å². The summed E-state index contributed by atoms with van der Waals surface area (Å²) >= 11 is 1.53. The number of ether oxygens (including phenoxy) is 1. The molecule has 41 heavy (non-hydrogen) atoms. The van der Waals surface area contributed by atoms with Crippen molar-refractivity contribution in [1.82, 2.24) is 4.98 Å². The van der Waals surface area contributed by atoms with Gasteiger partial charge in [-0.2, -0.15) is 0 Å². The minimum absolute atomic E-state index is 0.219. The van der Waals surface area contributed by atoms with Crippen molar-refractivity contribution in [3.05, 3.63) is 81.7 Å². The van der Waals surface area contributed by atoms with Gasteiger partial charge in [-0.05, 0) is 67.2 Å². The zero-order chi connectivity index (χ0) is 29.1. The zero-order valence-corrected chi connectivity index (χ0v) is 25.6. The summed E-state index contributed by atoms with van der Waals surface area (Å²) in [7, 11) is 0. The fourth-order valence-corrected chi connectivity index (χ4v) is 7.17. The molecule has 0 aliphatic heterocycles. The molecular weight excluding hydrogens is 528 g/mol. The molecule has 4 aromatic rings. The van der Waals surface area contributed by atoms with Crippen molar-refractivity contribution in [3.8, 4) is 11.3 Å². The highest BCUT2D eigenvalue weighted by molar-refractivity contribution is 7.17. The van der Waals surface area contributed by atoms with Gasteiger partial charge < -0.3 is 10.1 Å². The van der Waals surface area contributed by atoms with Gasteiger partial charge in [-0.1, -0.05) is 83.0 Å². The molecule has 1 aliphatic rings. The molecule has 5 rings (SSSR count). The van der Waals surface area contributed by atoms with Crippen LogP contribution in [0.2, 0.25) is 0 Å². The Morgan fingerprint density at radius 1 is 1.07 bits per heavy atom. The van der Waals surface area contributed by atoms with Crippen molar-refractivity contribution >= 4 is 39.1 Å². The third-order valence-corrected chi connectivity index (χ3v) is 9.91. The molecule has 1 atom stereocenters. The predicted octanol–water partition coefficient (Wildman–Crippen LogP) is 8.89. The number of rotatable bonds is 9. The lowest BCUT2D eigenvalue weighted by molar-refractivity contribution is 0.0526. The fraction of sp³-hybridized carbons (Fsp3) is 0.400. The lowest BCUT2D eigenvalue weighted by atomic mass is 9.69. The smallest absolute Gasteiger partial charge is 0.341 e. The molecule has 1 N–H and O–H groups in total. The summed E-state index contributed by atoms with van der Waals surface area (Å²) in [5.74, 6) is -0.0735. The molecule has 1 amide bonds. The first-order valence-corrected chi connectivity index (χ1v) is 15.7. The molecule has 6 heteroatoms. The number of aryl methyl sites for hydroxylation is 1. The number of carbonyl (C=O) groups is 2. The van der Waals surface area contributed by atoms with Gasteiger partial charge in [-0.25, -0.2) is 9.78 Å². The van der Waals surface area contributed by atoms with E-state index in [9.17, 15) is 9.59 Å². The maximum absolute atomic E-state index is 14.0. The molecule has 0 saturated carbocycles. The van der Waals surface area contributed by atoms with Crippen LogP contribution in [0.4, 0.5) is 5.00 Å². The van der Waals surface area contributed by atoms with Gasteiger partial charge in [0.15, 0.2) is 0 Å². The normalized spacial score (nSPS) is 15.0. The van der Waals surface area contributed by atoms with E-state index in [4.69, 9.17) is 9.72 Å². The number of anilines is 1. The number of thiophene rings is 1. The van der Waals surface area contributed by atoms with Gasteiger partial charge in [-0.15, -0.1) is 11.3 Å². The summed E-state index contributed by atoms with van der Waals surface area (Å²) in [6, 6.07) is 18.0. The number of amides is 1. The van der Waals surface area contributed by atoms with E-state index < -0.39 is 0 Å². The van der Waals surface area contributed by atoms with Crippen LogP contribution in [-0.2, 0) is 24.0 Å². The number of benzene rings is 2. The maximum atomic E-state index is 14.0. The lowest BCUT2D eigenvalue weighted by Gasteiger charge is -2.36. The first-order chi connectivity index (χ1) is 19.7. The predicted molar refractivity (Wildman–Crippen MR) is 169 cm³/mol. The maximum Gasteiger partial charge on any atom is 0.341 e. The van der Waals surface area contributed by atoms with Crippen LogP contribution < -0.4 is 5.32 Å². The van der Waals surface area contributed by atoms with Gasteiger partial charge in [0.25, 0.3) is 5.91 Å². The van der Waals surface area contributed by atoms with Crippen LogP contribution in [0.1, 0.15) is 90.6 Å². The van der Waals surface area contributed by atoms with Crippen molar-refractivity contribution in [1.29, 1.82) is 0 Å². The quantitative estimate of drug-likeness (QED) is 0.205. The van der Waals surface area contributed by atoms with Gasteiger partial charge in [0.2, 0.25) is 0 Å². The molecule has 0 unspecified atom stereocenters. The average Bonchev–Trinajstić information content (AvgIpc) is 3.34. The van der Waals surface area contributed by atoms with Crippen molar-refractivity contribution in [3.63, 3.8) is 0 Å². The number of nitrogens with zero attached hydrogens (tertiary/aromatic N) is 1. The molecule has 2 aromatic heterocycles. The molecule has 0 saturated heterocycles. The Morgan fingerprint density at radius 3 is 2.54 bits per heavy atom. The summed E-state index contributed by atoms with van der Waals surface area (Å²) in [4.78, 5) is 33.3. The van der Waals surface area contributed by atoms with Crippen molar-refractivity contribution in [2.24, 2.45) is 11.3 Å². The van der Waals surface area contributed by atoms with Crippen molar-refractivity contribution in [2.45, 2.75) is 73.1 Å². The zero-order valence-electron chi connectivity index (χ0n) is 24.8.